The molecule has 2 rings (SSSR count). The molecule has 0 bridgehead atoms. The van der Waals surface area contributed by atoms with Crippen LogP contribution in [0.1, 0.15) is 23.6 Å². The van der Waals surface area contributed by atoms with Crippen molar-refractivity contribution in [2.45, 2.75) is 36.5 Å². The average Bonchev–Trinajstić information content (AvgIpc) is 2.42. The maximum atomic E-state index is 10.8. The van der Waals surface area contributed by atoms with Gasteiger partial charge in [0.2, 0.25) is 0 Å². The number of hydrogen-bond donors (Lipinski definition) is 1. The summed E-state index contributed by atoms with van der Waals surface area (Å²) >= 11 is 1.70. The van der Waals surface area contributed by atoms with Gasteiger partial charge in [-0.3, -0.25) is 4.79 Å². The third kappa shape index (κ3) is 3.87. The number of aryl methyl sites for hydroxylation is 2. The van der Waals surface area contributed by atoms with Crippen molar-refractivity contribution in [1.82, 2.24) is 0 Å². The molecule has 104 valence electrons. The molecule has 0 aliphatic heterocycles. The summed E-state index contributed by atoms with van der Waals surface area (Å²) in [7, 11) is 0. The van der Waals surface area contributed by atoms with Gasteiger partial charge in [0.15, 0.2) is 0 Å². The fourth-order valence-corrected chi connectivity index (χ4v) is 2.94. The van der Waals surface area contributed by atoms with Crippen molar-refractivity contribution in [3.05, 3.63) is 59.2 Å². The summed E-state index contributed by atoms with van der Waals surface area (Å²) in [6.07, 6.45) is 1.13. The highest BCUT2D eigenvalue weighted by Gasteiger charge is 2.05. The van der Waals surface area contributed by atoms with Crippen molar-refractivity contribution in [3.63, 3.8) is 0 Å². The van der Waals surface area contributed by atoms with Crippen molar-refractivity contribution in [2.24, 2.45) is 0 Å². The van der Waals surface area contributed by atoms with Gasteiger partial charge in [-0.1, -0.05) is 36.9 Å². The van der Waals surface area contributed by atoms with Crippen molar-refractivity contribution in [2.75, 3.05) is 0 Å². The average molecular weight is 286 g/mol. The zero-order valence-electron chi connectivity index (χ0n) is 11.7. The predicted molar refractivity (Wildman–Crippen MR) is 82.5 cm³/mol. The Morgan fingerprint density at radius 2 is 1.75 bits per heavy atom. The molecule has 0 radical (unpaired) electrons. The van der Waals surface area contributed by atoms with Crippen molar-refractivity contribution < 1.29 is 9.90 Å². The molecule has 0 aliphatic carbocycles. The van der Waals surface area contributed by atoms with Crippen LogP contribution in [0.4, 0.5) is 0 Å². The van der Waals surface area contributed by atoms with Crippen LogP contribution in [-0.2, 0) is 17.6 Å². The molecule has 0 spiro atoms. The standard InChI is InChI=1S/C17H18O2S/c1-3-13-4-7-15(8-5-13)20-16-9-6-14(11-17(18)19)12(2)10-16/h4-10H,3,11H2,1-2H3,(H,18,19). The molecule has 2 aromatic rings. The van der Waals surface area contributed by atoms with E-state index in [1.807, 2.05) is 19.1 Å². The minimum absolute atomic E-state index is 0.0853. The van der Waals surface area contributed by atoms with E-state index in [0.29, 0.717) is 0 Å². The first-order valence-corrected chi connectivity index (χ1v) is 7.48. The molecule has 0 heterocycles. The van der Waals surface area contributed by atoms with E-state index < -0.39 is 5.97 Å². The van der Waals surface area contributed by atoms with E-state index in [1.54, 1.807) is 11.8 Å². The van der Waals surface area contributed by atoms with E-state index in [0.717, 1.165) is 22.4 Å². The molecule has 3 heteroatoms. The van der Waals surface area contributed by atoms with Crippen LogP contribution in [0.15, 0.2) is 52.3 Å². The summed E-state index contributed by atoms with van der Waals surface area (Å²) in [5, 5.41) is 8.84. The topological polar surface area (TPSA) is 37.3 Å². The summed E-state index contributed by atoms with van der Waals surface area (Å²) in [6, 6.07) is 14.5. The Bertz CT molecular complexity index is 603. The SMILES string of the molecule is CCc1ccc(Sc2ccc(CC(=O)O)c(C)c2)cc1. The van der Waals surface area contributed by atoms with E-state index in [1.165, 1.54) is 10.5 Å². The molecule has 0 aromatic heterocycles. The van der Waals surface area contributed by atoms with Gasteiger partial charge < -0.3 is 5.11 Å². The summed E-state index contributed by atoms with van der Waals surface area (Å²) in [6.45, 7) is 4.11. The quantitative estimate of drug-likeness (QED) is 0.888. The lowest BCUT2D eigenvalue weighted by Gasteiger charge is -2.07. The van der Waals surface area contributed by atoms with Crippen LogP contribution in [0.25, 0.3) is 0 Å². The maximum absolute atomic E-state index is 10.8. The Kier molecular flexibility index (Phi) is 4.85. The molecule has 0 atom stereocenters. The molecule has 0 fully saturated rings. The molecule has 1 N–H and O–H groups in total. The van der Waals surface area contributed by atoms with Crippen LogP contribution in [0.3, 0.4) is 0 Å². The first-order valence-electron chi connectivity index (χ1n) is 6.66. The number of aliphatic carboxylic acids is 1. The van der Waals surface area contributed by atoms with E-state index in [2.05, 4.69) is 37.3 Å². The van der Waals surface area contributed by atoms with Gasteiger partial charge in [-0.05, 0) is 54.3 Å². The smallest absolute Gasteiger partial charge is 0.307 e. The molecular formula is C17H18O2S. The van der Waals surface area contributed by atoms with E-state index in [9.17, 15) is 4.79 Å². The van der Waals surface area contributed by atoms with E-state index in [-0.39, 0.29) is 6.42 Å². The van der Waals surface area contributed by atoms with Crippen LogP contribution in [0, 0.1) is 6.92 Å². The predicted octanol–water partition coefficient (Wildman–Crippen LogP) is 4.34. The summed E-state index contributed by atoms with van der Waals surface area (Å²) in [5.41, 5.74) is 3.24. The number of rotatable bonds is 5. The zero-order chi connectivity index (χ0) is 14.5. The van der Waals surface area contributed by atoms with E-state index >= 15 is 0 Å². The van der Waals surface area contributed by atoms with Crippen LogP contribution in [0.5, 0.6) is 0 Å². The Labute approximate surface area is 123 Å². The second kappa shape index (κ2) is 6.62. The fraction of sp³-hybridized carbons (Fsp3) is 0.235. The van der Waals surface area contributed by atoms with Crippen LogP contribution >= 0.6 is 11.8 Å². The molecule has 0 aliphatic rings. The number of carboxylic acid groups (broad SMARTS) is 1. The third-order valence-corrected chi connectivity index (χ3v) is 4.22. The summed E-state index contributed by atoms with van der Waals surface area (Å²) < 4.78 is 0. The van der Waals surface area contributed by atoms with E-state index in [4.69, 9.17) is 5.11 Å². The third-order valence-electron chi connectivity index (χ3n) is 3.22. The minimum Gasteiger partial charge on any atom is -0.481 e. The number of hydrogen-bond acceptors (Lipinski definition) is 2. The molecule has 0 amide bonds. The van der Waals surface area contributed by atoms with Crippen molar-refractivity contribution in [3.8, 4) is 0 Å². The van der Waals surface area contributed by atoms with Gasteiger partial charge in [0.25, 0.3) is 0 Å². The van der Waals surface area contributed by atoms with Gasteiger partial charge in [-0.15, -0.1) is 0 Å². The molecule has 2 aromatic carbocycles. The van der Waals surface area contributed by atoms with Crippen LogP contribution in [-0.4, -0.2) is 11.1 Å². The first-order chi connectivity index (χ1) is 9.58. The Balaban J connectivity index is 2.13. The maximum Gasteiger partial charge on any atom is 0.307 e. The second-order valence-electron chi connectivity index (χ2n) is 4.76. The Morgan fingerprint density at radius 3 is 2.30 bits per heavy atom. The number of carbonyl (C=O) groups is 1. The number of carboxylic acids is 1. The molecule has 0 saturated heterocycles. The van der Waals surface area contributed by atoms with Crippen LogP contribution < -0.4 is 0 Å². The van der Waals surface area contributed by atoms with Gasteiger partial charge in [0, 0.05) is 9.79 Å². The zero-order valence-corrected chi connectivity index (χ0v) is 12.5. The van der Waals surface area contributed by atoms with Crippen molar-refractivity contribution in [1.29, 1.82) is 0 Å². The first kappa shape index (κ1) is 14.7. The lowest BCUT2D eigenvalue weighted by Crippen LogP contribution is -2.01. The van der Waals surface area contributed by atoms with Crippen molar-refractivity contribution >= 4 is 17.7 Å². The minimum atomic E-state index is -0.788. The normalized spacial score (nSPS) is 10.5. The monoisotopic (exact) mass is 286 g/mol. The molecule has 2 nitrogen and oxygen atoms in total. The lowest BCUT2D eigenvalue weighted by molar-refractivity contribution is -0.136. The van der Waals surface area contributed by atoms with Crippen LogP contribution in [0.2, 0.25) is 0 Å². The summed E-state index contributed by atoms with van der Waals surface area (Å²) in [5.74, 6) is -0.788. The highest BCUT2D eigenvalue weighted by atomic mass is 32.2. The Hall–Kier alpha value is -1.74. The fourth-order valence-electron chi connectivity index (χ4n) is 2.02. The van der Waals surface area contributed by atoms with Gasteiger partial charge in [-0.2, -0.15) is 0 Å². The number of benzene rings is 2. The van der Waals surface area contributed by atoms with Gasteiger partial charge in [0.05, 0.1) is 6.42 Å². The van der Waals surface area contributed by atoms with Gasteiger partial charge >= 0.3 is 5.97 Å². The second-order valence-corrected chi connectivity index (χ2v) is 5.91. The molecule has 0 saturated carbocycles. The lowest BCUT2D eigenvalue weighted by atomic mass is 10.1. The molecular weight excluding hydrogens is 268 g/mol. The molecule has 20 heavy (non-hydrogen) atoms. The highest BCUT2D eigenvalue weighted by Crippen LogP contribution is 2.29. The largest absolute Gasteiger partial charge is 0.481 e. The highest BCUT2D eigenvalue weighted by molar-refractivity contribution is 7.99. The molecule has 0 unspecified atom stereocenters. The summed E-state index contributed by atoms with van der Waals surface area (Å²) in [4.78, 5) is 13.1. The Morgan fingerprint density at radius 1 is 1.10 bits per heavy atom. The van der Waals surface area contributed by atoms with Gasteiger partial charge in [-0.25, -0.2) is 0 Å². The van der Waals surface area contributed by atoms with Gasteiger partial charge in [0.1, 0.15) is 0 Å².